The molecule has 0 aliphatic carbocycles. The molecule has 2 rings (SSSR count). The average Bonchev–Trinajstić information content (AvgIpc) is 2.47. The second-order valence-electron chi connectivity index (χ2n) is 6.00. The molecule has 2 saturated heterocycles. The molecular formula is C15H29N3O2. The maximum Gasteiger partial charge on any atom is 0.222 e. The van der Waals surface area contributed by atoms with Gasteiger partial charge in [-0.15, -0.1) is 0 Å². The first-order chi connectivity index (χ1) is 9.75. The number of hydrogen-bond donors (Lipinski definition) is 2. The van der Waals surface area contributed by atoms with E-state index in [0.717, 1.165) is 39.0 Å². The summed E-state index contributed by atoms with van der Waals surface area (Å²) in [4.78, 5) is 14.2. The number of likely N-dealkylation sites (N-methyl/N-ethyl adjacent to an activating group) is 1. The lowest BCUT2D eigenvalue weighted by molar-refractivity contribution is -0.123. The molecule has 0 saturated carbocycles. The third-order valence-corrected chi connectivity index (χ3v) is 4.43. The van der Waals surface area contributed by atoms with Gasteiger partial charge in [-0.3, -0.25) is 4.79 Å². The van der Waals surface area contributed by atoms with Gasteiger partial charge < -0.3 is 20.3 Å². The number of nitrogens with zero attached hydrogens (tertiary/aromatic N) is 1. The summed E-state index contributed by atoms with van der Waals surface area (Å²) in [5, 5.41) is 6.36. The second kappa shape index (κ2) is 8.60. The molecular weight excluding hydrogens is 254 g/mol. The molecule has 1 unspecified atom stereocenters. The van der Waals surface area contributed by atoms with Crippen molar-refractivity contribution in [1.29, 1.82) is 0 Å². The highest BCUT2D eigenvalue weighted by Crippen LogP contribution is 2.14. The van der Waals surface area contributed by atoms with Crippen molar-refractivity contribution in [3.8, 4) is 0 Å². The normalized spacial score (nSPS) is 25.6. The molecule has 5 heteroatoms. The maximum atomic E-state index is 11.8. The average molecular weight is 283 g/mol. The summed E-state index contributed by atoms with van der Waals surface area (Å²) in [6.45, 7) is 4.55. The van der Waals surface area contributed by atoms with Crippen LogP contribution in [0.4, 0.5) is 0 Å². The molecule has 0 aromatic carbocycles. The van der Waals surface area contributed by atoms with E-state index in [1.165, 1.54) is 19.3 Å². The molecule has 1 atom stereocenters. The molecule has 2 aliphatic heterocycles. The van der Waals surface area contributed by atoms with Crippen molar-refractivity contribution in [2.75, 3.05) is 39.8 Å². The van der Waals surface area contributed by atoms with Crippen molar-refractivity contribution in [2.45, 2.75) is 50.7 Å². The summed E-state index contributed by atoms with van der Waals surface area (Å²) >= 11 is 0. The van der Waals surface area contributed by atoms with Gasteiger partial charge in [-0.1, -0.05) is 6.42 Å². The van der Waals surface area contributed by atoms with Crippen LogP contribution in [-0.4, -0.2) is 62.8 Å². The Morgan fingerprint density at radius 1 is 1.30 bits per heavy atom. The minimum atomic E-state index is 0.123. The predicted molar refractivity (Wildman–Crippen MR) is 79.7 cm³/mol. The Morgan fingerprint density at radius 3 is 2.85 bits per heavy atom. The molecule has 0 spiro atoms. The van der Waals surface area contributed by atoms with E-state index in [-0.39, 0.29) is 5.91 Å². The van der Waals surface area contributed by atoms with E-state index < -0.39 is 0 Å². The number of carbonyl (C=O) groups excluding carboxylic acids is 1. The predicted octanol–water partition coefficient (Wildman–Crippen LogP) is 0.746. The molecule has 2 aliphatic rings. The van der Waals surface area contributed by atoms with Gasteiger partial charge in [0.05, 0.1) is 12.7 Å². The fourth-order valence-electron chi connectivity index (χ4n) is 3.00. The van der Waals surface area contributed by atoms with Gasteiger partial charge >= 0.3 is 0 Å². The lowest BCUT2D eigenvalue weighted by Crippen LogP contribution is -2.44. The molecule has 5 nitrogen and oxygen atoms in total. The summed E-state index contributed by atoms with van der Waals surface area (Å²) in [5.74, 6) is 0.123. The van der Waals surface area contributed by atoms with Crippen LogP contribution in [0.15, 0.2) is 0 Å². The van der Waals surface area contributed by atoms with Crippen LogP contribution in [0.5, 0.6) is 0 Å². The van der Waals surface area contributed by atoms with E-state index in [2.05, 4.69) is 22.6 Å². The van der Waals surface area contributed by atoms with Crippen LogP contribution in [0.2, 0.25) is 0 Å². The Kier molecular flexibility index (Phi) is 6.76. The highest BCUT2D eigenvalue weighted by Gasteiger charge is 2.19. The Labute approximate surface area is 122 Å². The van der Waals surface area contributed by atoms with Gasteiger partial charge in [-0.05, 0) is 52.4 Å². The first kappa shape index (κ1) is 15.7. The highest BCUT2D eigenvalue weighted by molar-refractivity contribution is 5.75. The number of ether oxygens (including phenoxy) is 1. The zero-order chi connectivity index (χ0) is 14.2. The highest BCUT2D eigenvalue weighted by atomic mass is 16.5. The Morgan fingerprint density at radius 2 is 2.10 bits per heavy atom. The van der Waals surface area contributed by atoms with Crippen LogP contribution in [0.3, 0.4) is 0 Å². The third kappa shape index (κ3) is 5.38. The molecule has 0 aromatic heterocycles. The molecule has 116 valence electrons. The summed E-state index contributed by atoms with van der Waals surface area (Å²) in [5.41, 5.74) is 0. The van der Waals surface area contributed by atoms with E-state index in [1.54, 1.807) is 0 Å². The Balaban J connectivity index is 1.53. The van der Waals surface area contributed by atoms with Gasteiger partial charge in [0.15, 0.2) is 0 Å². The largest absolute Gasteiger partial charge is 0.378 e. The fourth-order valence-corrected chi connectivity index (χ4v) is 3.00. The van der Waals surface area contributed by atoms with Crippen molar-refractivity contribution >= 4 is 5.91 Å². The van der Waals surface area contributed by atoms with E-state index in [0.29, 0.717) is 25.2 Å². The van der Waals surface area contributed by atoms with Crippen molar-refractivity contribution in [3.63, 3.8) is 0 Å². The number of hydrogen-bond acceptors (Lipinski definition) is 4. The summed E-state index contributed by atoms with van der Waals surface area (Å²) < 4.78 is 5.76. The molecule has 2 heterocycles. The second-order valence-corrected chi connectivity index (χ2v) is 6.00. The van der Waals surface area contributed by atoms with Crippen LogP contribution in [0, 0.1) is 0 Å². The molecule has 1 amide bonds. The number of carbonyl (C=O) groups is 1. The smallest absolute Gasteiger partial charge is 0.222 e. The quantitative estimate of drug-likeness (QED) is 0.755. The van der Waals surface area contributed by atoms with Gasteiger partial charge in [0.1, 0.15) is 0 Å². The van der Waals surface area contributed by atoms with E-state index in [9.17, 15) is 4.79 Å². The SMILES string of the molecule is CN1CCCCC1CNC(=O)CCOC1CCNCC1. The van der Waals surface area contributed by atoms with Crippen LogP contribution in [0.25, 0.3) is 0 Å². The maximum absolute atomic E-state index is 11.8. The molecule has 2 fully saturated rings. The van der Waals surface area contributed by atoms with Gasteiger partial charge in [0.2, 0.25) is 5.91 Å². The Bertz CT molecular complexity index is 293. The number of nitrogens with one attached hydrogen (secondary N) is 2. The van der Waals surface area contributed by atoms with Gasteiger partial charge in [-0.2, -0.15) is 0 Å². The number of likely N-dealkylation sites (tertiary alicyclic amines) is 1. The zero-order valence-electron chi connectivity index (χ0n) is 12.7. The van der Waals surface area contributed by atoms with Crippen molar-refractivity contribution in [3.05, 3.63) is 0 Å². The third-order valence-electron chi connectivity index (χ3n) is 4.43. The fraction of sp³-hybridized carbons (Fsp3) is 0.933. The Hall–Kier alpha value is -0.650. The lowest BCUT2D eigenvalue weighted by Gasteiger charge is -2.32. The minimum absolute atomic E-state index is 0.123. The van der Waals surface area contributed by atoms with Crippen LogP contribution in [-0.2, 0) is 9.53 Å². The summed E-state index contributed by atoms with van der Waals surface area (Å²) in [7, 11) is 2.15. The molecule has 0 aromatic rings. The lowest BCUT2D eigenvalue weighted by atomic mass is 10.0. The molecule has 2 N–H and O–H groups in total. The van der Waals surface area contributed by atoms with E-state index in [4.69, 9.17) is 4.74 Å². The standard InChI is InChI=1S/C15H29N3O2/c1-18-10-3-2-4-13(18)12-17-15(19)7-11-20-14-5-8-16-9-6-14/h13-14,16H,2-12H2,1H3,(H,17,19). The number of amides is 1. The zero-order valence-corrected chi connectivity index (χ0v) is 12.7. The molecule has 20 heavy (non-hydrogen) atoms. The summed E-state index contributed by atoms with van der Waals surface area (Å²) in [6, 6.07) is 0.512. The number of rotatable bonds is 6. The van der Waals surface area contributed by atoms with Gasteiger partial charge in [0.25, 0.3) is 0 Å². The minimum Gasteiger partial charge on any atom is -0.378 e. The van der Waals surface area contributed by atoms with Crippen molar-refractivity contribution in [2.24, 2.45) is 0 Å². The number of piperidine rings is 2. The van der Waals surface area contributed by atoms with Gasteiger partial charge in [0, 0.05) is 19.0 Å². The molecule has 0 bridgehead atoms. The van der Waals surface area contributed by atoms with E-state index >= 15 is 0 Å². The summed E-state index contributed by atoms with van der Waals surface area (Å²) in [6.07, 6.45) is 6.72. The first-order valence-corrected chi connectivity index (χ1v) is 8.05. The topological polar surface area (TPSA) is 53.6 Å². The monoisotopic (exact) mass is 283 g/mol. The van der Waals surface area contributed by atoms with Crippen LogP contribution < -0.4 is 10.6 Å². The van der Waals surface area contributed by atoms with Crippen molar-refractivity contribution in [1.82, 2.24) is 15.5 Å². The first-order valence-electron chi connectivity index (χ1n) is 8.05. The van der Waals surface area contributed by atoms with Crippen molar-refractivity contribution < 1.29 is 9.53 Å². The van der Waals surface area contributed by atoms with Crippen LogP contribution in [0.1, 0.15) is 38.5 Å². The van der Waals surface area contributed by atoms with E-state index in [1.807, 2.05) is 0 Å². The van der Waals surface area contributed by atoms with Crippen LogP contribution >= 0.6 is 0 Å². The molecule has 0 radical (unpaired) electrons. The van der Waals surface area contributed by atoms with Gasteiger partial charge in [-0.25, -0.2) is 0 Å².